The molecule has 0 amide bonds. The molecule has 1 aromatic rings. The summed E-state index contributed by atoms with van der Waals surface area (Å²) in [4.78, 5) is 0. The topological polar surface area (TPSA) is 12.0 Å². The van der Waals surface area contributed by atoms with E-state index in [0.29, 0.717) is 11.5 Å². The zero-order valence-electron chi connectivity index (χ0n) is 13.0. The van der Waals surface area contributed by atoms with Crippen LogP contribution < -0.4 is 5.32 Å². The highest BCUT2D eigenvalue weighted by Crippen LogP contribution is 2.41. The Balaban J connectivity index is 2.00. The maximum atomic E-state index is 3.77. The van der Waals surface area contributed by atoms with Crippen molar-refractivity contribution in [2.24, 2.45) is 5.92 Å². The van der Waals surface area contributed by atoms with Gasteiger partial charge in [-0.3, -0.25) is 0 Å². The average molecular weight is 259 g/mol. The molecule has 1 nitrogen and oxygen atoms in total. The third-order valence-electron chi connectivity index (χ3n) is 4.47. The molecule has 0 radical (unpaired) electrons. The highest BCUT2D eigenvalue weighted by Gasteiger charge is 2.31. The van der Waals surface area contributed by atoms with E-state index >= 15 is 0 Å². The predicted octanol–water partition coefficient (Wildman–Crippen LogP) is 4.82. The van der Waals surface area contributed by atoms with Gasteiger partial charge in [0.05, 0.1) is 0 Å². The fraction of sp³-hybridized carbons (Fsp3) is 0.667. The molecule has 1 unspecified atom stereocenters. The van der Waals surface area contributed by atoms with E-state index in [0.717, 1.165) is 12.5 Å². The molecule has 1 atom stereocenters. The third kappa shape index (κ3) is 3.60. The Morgan fingerprint density at radius 1 is 1.26 bits per heavy atom. The van der Waals surface area contributed by atoms with Crippen LogP contribution in [0, 0.1) is 5.92 Å². The standard InChI is InChI=1S/C18H29N/c1-14(2)8-7-13-19-17-11-12-18(3,4)16-10-6-5-9-15(16)17/h5-6,9-10,14,17,19H,7-8,11-13H2,1-4H3. The molecule has 1 N–H and O–H groups in total. The lowest BCUT2D eigenvalue weighted by atomic mass is 9.71. The molecule has 106 valence electrons. The maximum absolute atomic E-state index is 3.77. The van der Waals surface area contributed by atoms with Crippen LogP contribution in [0.5, 0.6) is 0 Å². The van der Waals surface area contributed by atoms with Gasteiger partial charge in [-0.15, -0.1) is 0 Å². The zero-order valence-corrected chi connectivity index (χ0v) is 13.0. The Morgan fingerprint density at radius 3 is 2.74 bits per heavy atom. The van der Waals surface area contributed by atoms with Crippen LogP contribution in [-0.2, 0) is 5.41 Å². The average Bonchev–Trinajstić information content (AvgIpc) is 2.37. The van der Waals surface area contributed by atoms with Gasteiger partial charge in [-0.1, -0.05) is 52.0 Å². The van der Waals surface area contributed by atoms with Crippen LogP contribution >= 0.6 is 0 Å². The van der Waals surface area contributed by atoms with E-state index in [9.17, 15) is 0 Å². The highest BCUT2D eigenvalue weighted by molar-refractivity contribution is 5.38. The van der Waals surface area contributed by atoms with Gasteiger partial charge in [0, 0.05) is 6.04 Å². The number of hydrogen-bond acceptors (Lipinski definition) is 1. The first-order chi connectivity index (χ1) is 9.00. The summed E-state index contributed by atoms with van der Waals surface area (Å²) < 4.78 is 0. The molecule has 0 aliphatic heterocycles. The minimum Gasteiger partial charge on any atom is -0.310 e. The molecule has 0 saturated heterocycles. The molecule has 2 rings (SSSR count). The van der Waals surface area contributed by atoms with E-state index in [1.807, 2.05) is 0 Å². The van der Waals surface area contributed by atoms with E-state index in [4.69, 9.17) is 0 Å². The predicted molar refractivity (Wildman–Crippen MR) is 83.5 cm³/mol. The molecule has 0 saturated carbocycles. The minimum absolute atomic E-state index is 0.340. The van der Waals surface area contributed by atoms with Gasteiger partial charge in [-0.25, -0.2) is 0 Å². The Morgan fingerprint density at radius 2 is 2.00 bits per heavy atom. The smallest absolute Gasteiger partial charge is 0.0323 e. The molecule has 1 aliphatic carbocycles. The Hall–Kier alpha value is -0.820. The van der Waals surface area contributed by atoms with Crippen molar-refractivity contribution in [2.45, 2.75) is 64.8 Å². The number of benzene rings is 1. The summed E-state index contributed by atoms with van der Waals surface area (Å²) in [7, 11) is 0. The van der Waals surface area contributed by atoms with Crippen molar-refractivity contribution in [1.82, 2.24) is 5.32 Å². The van der Waals surface area contributed by atoms with Gasteiger partial charge >= 0.3 is 0 Å². The van der Waals surface area contributed by atoms with Crippen molar-refractivity contribution < 1.29 is 0 Å². The first-order valence-corrected chi connectivity index (χ1v) is 7.83. The summed E-state index contributed by atoms with van der Waals surface area (Å²) in [6.45, 7) is 10.5. The van der Waals surface area contributed by atoms with Crippen molar-refractivity contribution >= 4 is 0 Å². The quantitative estimate of drug-likeness (QED) is 0.747. The van der Waals surface area contributed by atoms with Gasteiger partial charge in [-0.2, -0.15) is 0 Å². The van der Waals surface area contributed by atoms with Gasteiger partial charge in [0.2, 0.25) is 0 Å². The lowest BCUT2D eigenvalue weighted by Gasteiger charge is -2.37. The Labute approximate surface area is 118 Å². The molecule has 19 heavy (non-hydrogen) atoms. The fourth-order valence-corrected chi connectivity index (χ4v) is 3.21. The number of fused-ring (bicyclic) bond motifs is 1. The lowest BCUT2D eigenvalue weighted by molar-refractivity contribution is 0.354. The van der Waals surface area contributed by atoms with Crippen LogP contribution in [0.3, 0.4) is 0 Å². The van der Waals surface area contributed by atoms with Crippen molar-refractivity contribution in [2.75, 3.05) is 6.54 Å². The molecular weight excluding hydrogens is 230 g/mol. The summed E-state index contributed by atoms with van der Waals surface area (Å²) in [6, 6.07) is 9.56. The first kappa shape index (κ1) is 14.6. The molecule has 0 aromatic heterocycles. The van der Waals surface area contributed by atoms with E-state index in [-0.39, 0.29) is 0 Å². The highest BCUT2D eigenvalue weighted by atomic mass is 14.9. The van der Waals surface area contributed by atoms with Crippen molar-refractivity contribution in [3.8, 4) is 0 Å². The second-order valence-electron chi connectivity index (χ2n) is 7.05. The van der Waals surface area contributed by atoms with Crippen molar-refractivity contribution in [3.63, 3.8) is 0 Å². The lowest BCUT2D eigenvalue weighted by Crippen LogP contribution is -2.33. The molecule has 0 spiro atoms. The summed E-state index contributed by atoms with van der Waals surface area (Å²) in [5.41, 5.74) is 3.41. The van der Waals surface area contributed by atoms with E-state index in [1.54, 1.807) is 5.56 Å². The fourth-order valence-electron chi connectivity index (χ4n) is 3.21. The SMILES string of the molecule is CC(C)CCCNC1CCC(C)(C)c2ccccc21. The second kappa shape index (κ2) is 6.09. The number of rotatable bonds is 5. The number of hydrogen-bond donors (Lipinski definition) is 1. The van der Waals surface area contributed by atoms with Crippen LogP contribution in [0.4, 0.5) is 0 Å². The molecule has 0 fully saturated rings. The monoisotopic (exact) mass is 259 g/mol. The van der Waals surface area contributed by atoms with Crippen molar-refractivity contribution in [1.29, 1.82) is 0 Å². The van der Waals surface area contributed by atoms with Crippen LogP contribution in [0.2, 0.25) is 0 Å². The molecular formula is C18H29N. The molecule has 1 heteroatoms. The Kier molecular flexibility index (Phi) is 4.67. The summed E-state index contributed by atoms with van der Waals surface area (Å²) in [5, 5.41) is 3.77. The van der Waals surface area contributed by atoms with Gasteiger partial charge < -0.3 is 5.32 Å². The van der Waals surface area contributed by atoms with Crippen molar-refractivity contribution in [3.05, 3.63) is 35.4 Å². The molecule has 1 aromatic carbocycles. The normalized spacial score (nSPS) is 21.4. The minimum atomic E-state index is 0.340. The van der Waals surface area contributed by atoms with Gasteiger partial charge in [0.25, 0.3) is 0 Å². The van der Waals surface area contributed by atoms with Gasteiger partial charge in [0.1, 0.15) is 0 Å². The van der Waals surface area contributed by atoms with Crippen LogP contribution in [-0.4, -0.2) is 6.54 Å². The van der Waals surface area contributed by atoms with E-state index in [1.165, 1.54) is 31.2 Å². The van der Waals surface area contributed by atoms with E-state index in [2.05, 4.69) is 57.3 Å². The second-order valence-corrected chi connectivity index (χ2v) is 7.05. The maximum Gasteiger partial charge on any atom is 0.0323 e. The summed E-state index contributed by atoms with van der Waals surface area (Å²) >= 11 is 0. The van der Waals surface area contributed by atoms with Gasteiger partial charge in [-0.05, 0) is 54.7 Å². The Bertz CT molecular complexity index is 406. The van der Waals surface area contributed by atoms with Gasteiger partial charge in [0.15, 0.2) is 0 Å². The largest absolute Gasteiger partial charge is 0.310 e. The number of nitrogens with one attached hydrogen (secondary N) is 1. The van der Waals surface area contributed by atoms with Crippen LogP contribution in [0.15, 0.2) is 24.3 Å². The third-order valence-corrected chi connectivity index (χ3v) is 4.47. The first-order valence-electron chi connectivity index (χ1n) is 7.83. The zero-order chi connectivity index (χ0) is 13.9. The summed E-state index contributed by atoms with van der Waals surface area (Å²) in [5.74, 6) is 0.819. The molecule has 1 aliphatic rings. The van der Waals surface area contributed by atoms with Crippen LogP contribution in [0.25, 0.3) is 0 Å². The molecule has 0 bridgehead atoms. The summed E-state index contributed by atoms with van der Waals surface area (Å²) in [6.07, 6.45) is 5.17. The van der Waals surface area contributed by atoms with Crippen LogP contribution in [0.1, 0.15) is 70.5 Å². The van der Waals surface area contributed by atoms with E-state index < -0.39 is 0 Å². The molecule has 0 heterocycles.